The van der Waals surface area contributed by atoms with Crippen LogP contribution in [0.3, 0.4) is 0 Å². The zero-order chi connectivity index (χ0) is 32.7. The monoisotopic (exact) mass is 631 g/mol. The molecule has 0 aliphatic carbocycles. The van der Waals surface area contributed by atoms with Crippen LogP contribution >= 0.6 is 0 Å². The molecule has 234 valence electrons. The van der Waals surface area contributed by atoms with Crippen molar-refractivity contribution in [1.82, 2.24) is 14.1 Å². The summed E-state index contributed by atoms with van der Waals surface area (Å²) in [6.07, 6.45) is 1.85. The minimum atomic E-state index is 0.648. The molecule has 3 aromatic heterocycles. The van der Waals surface area contributed by atoms with Crippen molar-refractivity contribution < 1.29 is 0 Å². The maximum absolute atomic E-state index is 7.42. The Hall–Kier alpha value is -6.59. The lowest BCUT2D eigenvalue weighted by Gasteiger charge is -2.26. The van der Waals surface area contributed by atoms with Crippen LogP contribution in [0.1, 0.15) is 5.56 Å². The SMILES string of the molecule is Nc1c(N(Cc2ccccc2)c2ccccc2)c2c(ccc3c4ccccc4n(-c4cccc(-c5ccccn5)c4)c32)n1-c1ccccc1. The van der Waals surface area contributed by atoms with E-state index in [9.17, 15) is 0 Å². The molecule has 6 aromatic carbocycles. The third-order valence-electron chi connectivity index (χ3n) is 9.38. The van der Waals surface area contributed by atoms with Gasteiger partial charge < -0.3 is 15.2 Å². The van der Waals surface area contributed by atoms with Gasteiger partial charge in [0, 0.05) is 46.1 Å². The molecule has 0 radical (unpaired) electrons. The van der Waals surface area contributed by atoms with Crippen molar-refractivity contribution in [3.63, 3.8) is 0 Å². The Labute approximate surface area is 284 Å². The van der Waals surface area contributed by atoms with Gasteiger partial charge in [-0.3, -0.25) is 9.55 Å². The summed E-state index contributed by atoms with van der Waals surface area (Å²) in [6, 6.07) is 59.5. The summed E-state index contributed by atoms with van der Waals surface area (Å²) in [5.41, 5.74) is 18.0. The van der Waals surface area contributed by atoms with Crippen LogP contribution in [-0.2, 0) is 6.54 Å². The average Bonchev–Trinajstić information content (AvgIpc) is 3.67. The van der Waals surface area contributed by atoms with Gasteiger partial charge >= 0.3 is 0 Å². The van der Waals surface area contributed by atoms with E-state index in [-0.39, 0.29) is 0 Å². The van der Waals surface area contributed by atoms with E-state index < -0.39 is 0 Å². The molecular formula is C44H33N5. The third-order valence-corrected chi connectivity index (χ3v) is 9.38. The Morgan fingerprint density at radius 1 is 0.551 bits per heavy atom. The van der Waals surface area contributed by atoms with Crippen LogP contribution in [0.5, 0.6) is 0 Å². The van der Waals surface area contributed by atoms with Gasteiger partial charge in [0.05, 0.1) is 33.3 Å². The lowest BCUT2D eigenvalue weighted by Crippen LogP contribution is -2.18. The fraction of sp³-hybridized carbons (Fsp3) is 0.0227. The molecule has 0 unspecified atom stereocenters. The van der Waals surface area contributed by atoms with Crippen LogP contribution in [0.2, 0.25) is 0 Å². The molecule has 0 saturated carbocycles. The van der Waals surface area contributed by atoms with E-state index >= 15 is 0 Å². The summed E-state index contributed by atoms with van der Waals surface area (Å²) in [7, 11) is 0. The number of pyridine rings is 1. The van der Waals surface area contributed by atoms with E-state index in [2.05, 4.69) is 171 Å². The van der Waals surface area contributed by atoms with Crippen LogP contribution < -0.4 is 10.6 Å². The number of nitrogens with zero attached hydrogens (tertiary/aromatic N) is 4. The van der Waals surface area contributed by atoms with Gasteiger partial charge in [-0.2, -0.15) is 0 Å². The zero-order valence-corrected chi connectivity index (χ0v) is 26.8. The van der Waals surface area contributed by atoms with Crippen LogP contribution in [0, 0.1) is 0 Å². The van der Waals surface area contributed by atoms with Crippen molar-refractivity contribution in [1.29, 1.82) is 0 Å². The molecule has 3 heterocycles. The number of rotatable bonds is 7. The van der Waals surface area contributed by atoms with Gasteiger partial charge in [0.1, 0.15) is 5.82 Å². The lowest BCUT2D eigenvalue weighted by atomic mass is 10.1. The molecule has 0 fully saturated rings. The Morgan fingerprint density at radius 2 is 1.24 bits per heavy atom. The summed E-state index contributed by atoms with van der Waals surface area (Å²) in [4.78, 5) is 7.04. The molecule has 0 saturated heterocycles. The predicted molar refractivity (Wildman–Crippen MR) is 204 cm³/mol. The number of hydrogen-bond acceptors (Lipinski definition) is 3. The second kappa shape index (κ2) is 11.9. The first-order valence-corrected chi connectivity index (χ1v) is 16.6. The smallest absolute Gasteiger partial charge is 0.133 e. The van der Waals surface area contributed by atoms with E-state index in [0.29, 0.717) is 12.4 Å². The largest absolute Gasteiger partial charge is 0.383 e. The molecule has 49 heavy (non-hydrogen) atoms. The van der Waals surface area contributed by atoms with Gasteiger partial charge in [-0.15, -0.1) is 0 Å². The number of nitrogens with two attached hydrogens (primary N) is 1. The van der Waals surface area contributed by atoms with Crippen LogP contribution in [-0.4, -0.2) is 14.1 Å². The van der Waals surface area contributed by atoms with Crippen molar-refractivity contribution >= 4 is 49.9 Å². The number of benzene rings is 6. The van der Waals surface area contributed by atoms with E-state index in [1.165, 1.54) is 16.3 Å². The first-order valence-electron chi connectivity index (χ1n) is 16.6. The minimum absolute atomic E-state index is 0.648. The normalized spacial score (nSPS) is 11.4. The fourth-order valence-corrected chi connectivity index (χ4v) is 7.24. The maximum Gasteiger partial charge on any atom is 0.133 e. The highest BCUT2D eigenvalue weighted by Gasteiger charge is 2.27. The first kappa shape index (κ1) is 28.6. The van der Waals surface area contributed by atoms with Gasteiger partial charge in [0.25, 0.3) is 0 Å². The van der Waals surface area contributed by atoms with E-state index in [0.717, 1.165) is 55.9 Å². The van der Waals surface area contributed by atoms with E-state index in [4.69, 9.17) is 5.73 Å². The van der Waals surface area contributed by atoms with Crippen LogP contribution in [0.4, 0.5) is 17.2 Å². The topological polar surface area (TPSA) is 52.0 Å². The van der Waals surface area contributed by atoms with Crippen molar-refractivity contribution in [2.45, 2.75) is 6.54 Å². The molecule has 9 rings (SSSR count). The summed E-state index contributed by atoms with van der Waals surface area (Å²) in [5, 5.41) is 3.46. The molecule has 0 amide bonds. The van der Waals surface area contributed by atoms with Crippen molar-refractivity contribution in [2.75, 3.05) is 10.6 Å². The van der Waals surface area contributed by atoms with E-state index in [1.807, 2.05) is 24.4 Å². The number of aromatic nitrogens is 3. The number of anilines is 3. The molecule has 0 atom stereocenters. The van der Waals surface area contributed by atoms with Crippen molar-refractivity contribution in [3.8, 4) is 22.6 Å². The van der Waals surface area contributed by atoms with Gasteiger partial charge in [-0.25, -0.2) is 0 Å². The second-order valence-corrected chi connectivity index (χ2v) is 12.3. The van der Waals surface area contributed by atoms with E-state index in [1.54, 1.807) is 0 Å². The third kappa shape index (κ3) is 4.83. The molecule has 5 nitrogen and oxygen atoms in total. The van der Waals surface area contributed by atoms with Crippen molar-refractivity contribution in [3.05, 3.63) is 182 Å². The highest BCUT2D eigenvalue weighted by molar-refractivity contribution is 6.23. The molecule has 0 spiro atoms. The highest BCUT2D eigenvalue weighted by atomic mass is 15.2. The predicted octanol–water partition coefficient (Wildman–Crippen LogP) is 10.7. The molecule has 5 heteroatoms. The fourth-order valence-electron chi connectivity index (χ4n) is 7.24. The summed E-state index contributed by atoms with van der Waals surface area (Å²) in [5.74, 6) is 0.688. The van der Waals surface area contributed by atoms with Gasteiger partial charge in [-0.1, -0.05) is 109 Å². The number of para-hydroxylation sites is 3. The maximum atomic E-state index is 7.42. The summed E-state index contributed by atoms with van der Waals surface area (Å²) in [6.45, 7) is 0.648. The Morgan fingerprint density at radius 3 is 2.02 bits per heavy atom. The number of hydrogen-bond donors (Lipinski definition) is 1. The van der Waals surface area contributed by atoms with Crippen LogP contribution in [0.15, 0.2) is 176 Å². The standard InChI is InChI=1S/C44H33N5/c45-44-43(47(33-18-6-2-7-19-33)30-31-15-4-1-5-16-31)41-40(49(44)34-20-8-3-9-21-34)27-26-37-36-23-10-11-25-39(36)48(42(37)41)35-22-14-17-32(29-35)38-24-12-13-28-46-38/h1-29H,30,45H2. The quantitative estimate of drug-likeness (QED) is 0.190. The Kier molecular flexibility index (Phi) is 6.95. The molecular weight excluding hydrogens is 599 g/mol. The van der Waals surface area contributed by atoms with Gasteiger partial charge in [0.15, 0.2) is 0 Å². The number of fused-ring (bicyclic) bond motifs is 5. The molecule has 0 bridgehead atoms. The van der Waals surface area contributed by atoms with Gasteiger partial charge in [-0.05, 0) is 66.2 Å². The van der Waals surface area contributed by atoms with Crippen LogP contribution in [0.25, 0.3) is 55.3 Å². The molecule has 0 aliphatic rings. The minimum Gasteiger partial charge on any atom is -0.383 e. The molecule has 2 N–H and O–H groups in total. The molecule has 0 aliphatic heterocycles. The summed E-state index contributed by atoms with van der Waals surface area (Å²) >= 11 is 0. The lowest BCUT2D eigenvalue weighted by molar-refractivity contribution is 0.977. The summed E-state index contributed by atoms with van der Waals surface area (Å²) < 4.78 is 4.61. The zero-order valence-electron chi connectivity index (χ0n) is 26.8. The average molecular weight is 632 g/mol. The van der Waals surface area contributed by atoms with Crippen molar-refractivity contribution in [2.24, 2.45) is 0 Å². The highest BCUT2D eigenvalue weighted by Crippen LogP contribution is 2.48. The first-order chi connectivity index (χ1) is 24.3. The number of nitrogen functional groups attached to an aromatic ring is 1. The Bertz CT molecular complexity index is 2570. The molecule has 9 aromatic rings. The Balaban J connectivity index is 1.43. The second-order valence-electron chi connectivity index (χ2n) is 12.3. The van der Waals surface area contributed by atoms with Gasteiger partial charge in [0.2, 0.25) is 0 Å².